The summed E-state index contributed by atoms with van der Waals surface area (Å²) in [5, 5.41) is 3.10. The van der Waals surface area contributed by atoms with Crippen LogP contribution in [0.25, 0.3) is 0 Å². The van der Waals surface area contributed by atoms with Gasteiger partial charge in [-0.15, -0.1) is 17.0 Å². The Kier molecular flexibility index (Phi) is 3.95. The van der Waals surface area contributed by atoms with Crippen LogP contribution in [0.5, 0.6) is 0 Å². The number of benzene rings is 1. The molecule has 76 valence electrons. The molecule has 0 bridgehead atoms. The second-order valence-corrected chi connectivity index (χ2v) is 3.89. The van der Waals surface area contributed by atoms with Gasteiger partial charge in [0.2, 0.25) is 0 Å². The molecule has 5 heteroatoms. The topological polar surface area (TPSA) is 50.4 Å². The van der Waals surface area contributed by atoms with Crippen LogP contribution < -0.4 is 11.1 Å². The summed E-state index contributed by atoms with van der Waals surface area (Å²) >= 11 is 3.39. The highest BCUT2D eigenvalue weighted by atomic mass is 79.9. The first-order chi connectivity index (χ1) is 6.25. The largest absolute Gasteiger partial charge is 0.370 e. The minimum Gasteiger partial charge on any atom is -0.370 e. The highest BCUT2D eigenvalue weighted by Gasteiger charge is 2.16. The van der Waals surface area contributed by atoms with Crippen LogP contribution in [0.1, 0.15) is 11.6 Å². The van der Waals surface area contributed by atoms with Gasteiger partial charge in [-0.2, -0.15) is 0 Å². The van der Waals surface area contributed by atoms with Crippen LogP contribution in [0.3, 0.4) is 0 Å². The van der Waals surface area contributed by atoms with Gasteiger partial charge >= 0.3 is 0 Å². The third kappa shape index (κ3) is 2.48. The lowest BCUT2D eigenvalue weighted by atomic mass is 10.1. The summed E-state index contributed by atoms with van der Waals surface area (Å²) in [5.41, 5.74) is 6.74. The van der Waals surface area contributed by atoms with Crippen LogP contribution in [-0.2, 0) is 0 Å². The van der Waals surface area contributed by atoms with Crippen molar-refractivity contribution in [2.24, 2.45) is 10.7 Å². The average Bonchev–Trinajstić information content (AvgIpc) is 2.53. The predicted octanol–water partition coefficient (Wildman–Crippen LogP) is 1.99. The molecule has 0 fully saturated rings. The van der Waals surface area contributed by atoms with Crippen LogP contribution in [-0.4, -0.2) is 12.5 Å². The van der Waals surface area contributed by atoms with Crippen molar-refractivity contribution in [1.29, 1.82) is 0 Å². The van der Waals surface area contributed by atoms with E-state index in [9.17, 15) is 0 Å². The molecule has 3 nitrogen and oxygen atoms in total. The highest BCUT2D eigenvalue weighted by Crippen LogP contribution is 2.18. The molecule has 0 aromatic heterocycles. The fraction of sp³-hybridized carbons (Fsp3) is 0.222. The molecule has 1 heterocycles. The first kappa shape index (κ1) is 11.5. The Hall–Kier alpha value is -0.550. The Balaban J connectivity index is 0.000000980. The fourth-order valence-electron chi connectivity index (χ4n) is 1.34. The summed E-state index contributed by atoms with van der Waals surface area (Å²) in [6.45, 7) is 0.730. The summed E-state index contributed by atoms with van der Waals surface area (Å²) in [6.07, 6.45) is 0. The van der Waals surface area contributed by atoms with E-state index < -0.39 is 0 Å². The zero-order chi connectivity index (χ0) is 9.26. The van der Waals surface area contributed by atoms with Gasteiger partial charge in [0.1, 0.15) is 0 Å². The quantitative estimate of drug-likeness (QED) is 0.831. The average molecular weight is 321 g/mol. The minimum atomic E-state index is 0. The smallest absolute Gasteiger partial charge is 0.189 e. The molecule has 1 aromatic carbocycles. The van der Waals surface area contributed by atoms with Gasteiger partial charge in [-0.1, -0.05) is 28.1 Å². The predicted molar refractivity (Wildman–Crippen MR) is 66.8 cm³/mol. The molecule has 1 atom stereocenters. The zero-order valence-electron chi connectivity index (χ0n) is 7.40. The van der Waals surface area contributed by atoms with Gasteiger partial charge in [0.25, 0.3) is 0 Å². The van der Waals surface area contributed by atoms with Crippen LogP contribution in [0.4, 0.5) is 0 Å². The summed E-state index contributed by atoms with van der Waals surface area (Å²) in [4.78, 5) is 4.09. The molecule has 0 saturated carbocycles. The Bertz CT molecular complexity index is 334. The number of hydrogen-bond donors (Lipinski definition) is 2. The van der Waals surface area contributed by atoms with Crippen molar-refractivity contribution in [1.82, 2.24) is 5.32 Å². The zero-order valence-corrected chi connectivity index (χ0v) is 10.7. The van der Waals surface area contributed by atoms with Crippen LogP contribution >= 0.6 is 32.9 Å². The molecule has 1 unspecified atom stereocenters. The molecule has 1 aliphatic heterocycles. The maximum absolute atomic E-state index is 5.52. The monoisotopic (exact) mass is 319 g/mol. The molecule has 0 spiro atoms. The Labute approximate surface area is 102 Å². The molecule has 2 rings (SSSR count). The van der Waals surface area contributed by atoms with Crippen molar-refractivity contribution in [2.45, 2.75) is 6.04 Å². The highest BCUT2D eigenvalue weighted by molar-refractivity contribution is 9.10. The van der Waals surface area contributed by atoms with Crippen molar-refractivity contribution >= 4 is 38.9 Å². The van der Waals surface area contributed by atoms with Crippen LogP contribution in [0.15, 0.2) is 33.7 Å². The first-order valence-electron chi connectivity index (χ1n) is 4.07. The standard InChI is InChI=1S/C9H10BrN3.BrH/c10-7-3-1-6(2-4-7)8-5-12-9(11)13-8;/h1-4,8H,5H2,(H3,11,12,13);1H. The van der Waals surface area contributed by atoms with E-state index in [1.165, 1.54) is 5.56 Å². The number of nitrogens with one attached hydrogen (secondary N) is 1. The third-order valence-electron chi connectivity index (χ3n) is 2.04. The molecule has 14 heavy (non-hydrogen) atoms. The molecular weight excluding hydrogens is 310 g/mol. The van der Waals surface area contributed by atoms with Crippen LogP contribution in [0.2, 0.25) is 0 Å². The molecule has 3 N–H and O–H groups in total. The second kappa shape index (κ2) is 4.79. The molecule has 0 amide bonds. The summed E-state index contributed by atoms with van der Waals surface area (Å²) in [6, 6.07) is 8.41. The summed E-state index contributed by atoms with van der Waals surface area (Å²) in [5.74, 6) is 0.535. The Morgan fingerprint density at radius 3 is 2.50 bits per heavy atom. The first-order valence-corrected chi connectivity index (χ1v) is 4.87. The number of halogens is 2. The minimum absolute atomic E-state index is 0. The lowest BCUT2D eigenvalue weighted by molar-refractivity contribution is 0.707. The van der Waals surface area contributed by atoms with E-state index in [4.69, 9.17) is 5.73 Å². The number of guanidine groups is 1. The van der Waals surface area contributed by atoms with E-state index in [0.29, 0.717) is 5.96 Å². The van der Waals surface area contributed by atoms with Crippen molar-refractivity contribution < 1.29 is 0 Å². The molecular formula is C9H11Br2N3. The molecule has 1 aliphatic rings. The maximum Gasteiger partial charge on any atom is 0.189 e. The van der Waals surface area contributed by atoms with Gasteiger partial charge in [-0.25, -0.2) is 0 Å². The van der Waals surface area contributed by atoms with E-state index in [1.807, 2.05) is 12.1 Å². The molecule has 0 saturated heterocycles. The van der Waals surface area contributed by atoms with Crippen LogP contribution in [0, 0.1) is 0 Å². The van der Waals surface area contributed by atoms with Gasteiger partial charge in [0.15, 0.2) is 5.96 Å². The van der Waals surface area contributed by atoms with Crippen molar-refractivity contribution in [3.05, 3.63) is 34.3 Å². The number of aliphatic imine (C=N–C) groups is 1. The fourth-order valence-corrected chi connectivity index (χ4v) is 1.61. The van der Waals surface area contributed by atoms with Gasteiger partial charge < -0.3 is 11.1 Å². The van der Waals surface area contributed by atoms with Crippen molar-refractivity contribution in [3.63, 3.8) is 0 Å². The number of nitrogens with zero attached hydrogens (tertiary/aromatic N) is 1. The second-order valence-electron chi connectivity index (χ2n) is 2.97. The van der Waals surface area contributed by atoms with Crippen molar-refractivity contribution in [2.75, 3.05) is 6.54 Å². The summed E-state index contributed by atoms with van der Waals surface area (Å²) in [7, 11) is 0. The normalized spacial score (nSPS) is 19.5. The van der Waals surface area contributed by atoms with Gasteiger partial charge in [0, 0.05) is 4.47 Å². The summed E-state index contributed by atoms with van der Waals surface area (Å²) < 4.78 is 1.09. The number of hydrogen-bond acceptors (Lipinski definition) is 3. The number of nitrogens with two attached hydrogens (primary N) is 1. The molecule has 0 aliphatic carbocycles. The lowest BCUT2D eigenvalue weighted by Gasteiger charge is -2.10. The number of rotatable bonds is 1. The Morgan fingerprint density at radius 1 is 1.36 bits per heavy atom. The Morgan fingerprint density at radius 2 is 2.00 bits per heavy atom. The van der Waals surface area contributed by atoms with Gasteiger partial charge in [-0.05, 0) is 17.7 Å². The molecule has 0 radical (unpaired) electrons. The SMILES string of the molecule is Br.NC1=NCC(c2ccc(Br)cc2)N1. The maximum atomic E-state index is 5.52. The third-order valence-corrected chi connectivity index (χ3v) is 2.57. The van der Waals surface area contributed by atoms with Gasteiger partial charge in [-0.3, -0.25) is 4.99 Å². The van der Waals surface area contributed by atoms with Gasteiger partial charge in [0.05, 0.1) is 12.6 Å². The van der Waals surface area contributed by atoms with E-state index >= 15 is 0 Å². The lowest BCUT2D eigenvalue weighted by Crippen LogP contribution is -2.29. The molecule has 1 aromatic rings. The van der Waals surface area contributed by atoms with E-state index in [0.717, 1.165) is 11.0 Å². The van der Waals surface area contributed by atoms with E-state index in [-0.39, 0.29) is 23.0 Å². The van der Waals surface area contributed by atoms with E-state index in [1.54, 1.807) is 0 Å². The van der Waals surface area contributed by atoms with E-state index in [2.05, 4.69) is 38.4 Å². The van der Waals surface area contributed by atoms with Crippen molar-refractivity contribution in [3.8, 4) is 0 Å².